The van der Waals surface area contributed by atoms with Crippen LogP contribution in [0, 0.1) is 0 Å². The van der Waals surface area contributed by atoms with Crippen LogP contribution in [-0.4, -0.2) is 33.0 Å². The zero-order valence-electron chi connectivity index (χ0n) is 14.2. The van der Waals surface area contributed by atoms with E-state index in [4.69, 9.17) is 14.2 Å². The van der Waals surface area contributed by atoms with Crippen LogP contribution in [0.1, 0.15) is 18.0 Å². The van der Waals surface area contributed by atoms with Gasteiger partial charge in [0.2, 0.25) is 0 Å². The molecular formula is C19H22N2O4. The summed E-state index contributed by atoms with van der Waals surface area (Å²) in [4.78, 5) is 12.3. The molecule has 1 atom stereocenters. The number of hydrogen-bond acceptors (Lipinski definition) is 4. The Morgan fingerprint density at radius 3 is 2.76 bits per heavy atom. The van der Waals surface area contributed by atoms with Gasteiger partial charge in [-0.1, -0.05) is 18.2 Å². The van der Waals surface area contributed by atoms with Crippen molar-refractivity contribution in [3.63, 3.8) is 0 Å². The van der Waals surface area contributed by atoms with Crippen molar-refractivity contribution in [2.45, 2.75) is 12.5 Å². The molecule has 0 saturated carbocycles. The molecule has 0 bridgehead atoms. The van der Waals surface area contributed by atoms with E-state index in [1.807, 2.05) is 36.4 Å². The number of carbonyl (C=O) groups excluding carboxylic acids is 1. The molecule has 0 radical (unpaired) electrons. The minimum atomic E-state index is -0.241. The standard InChI is InChI=1S/C19H22N2O4/c1-23-12-13-24-15-8-6-14(7-9-15)20-19(22)21-17-10-11-25-18-5-3-2-4-16(17)18/h2-9,17H,10-13H2,1H3,(H2,20,21,22)/t17-/m0/s1. The Labute approximate surface area is 147 Å². The fraction of sp³-hybridized carbons (Fsp3) is 0.316. The summed E-state index contributed by atoms with van der Waals surface area (Å²) >= 11 is 0. The smallest absolute Gasteiger partial charge is 0.319 e. The summed E-state index contributed by atoms with van der Waals surface area (Å²) in [5.41, 5.74) is 1.71. The third-order valence-corrected chi connectivity index (χ3v) is 3.93. The van der Waals surface area contributed by atoms with Crippen LogP contribution in [0.3, 0.4) is 0 Å². The number of para-hydroxylation sites is 1. The monoisotopic (exact) mass is 342 g/mol. The molecule has 0 spiro atoms. The summed E-state index contributed by atoms with van der Waals surface area (Å²) in [6.07, 6.45) is 0.747. The first-order chi connectivity index (χ1) is 12.3. The minimum Gasteiger partial charge on any atom is -0.493 e. The van der Waals surface area contributed by atoms with Crippen molar-refractivity contribution in [1.82, 2.24) is 5.32 Å². The first kappa shape index (κ1) is 17.1. The average molecular weight is 342 g/mol. The lowest BCUT2D eigenvalue weighted by atomic mass is 10.0. The molecule has 0 fully saturated rings. The summed E-state index contributed by atoms with van der Waals surface area (Å²) in [7, 11) is 1.63. The van der Waals surface area contributed by atoms with Crippen molar-refractivity contribution in [3.8, 4) is 11.5 Å². The van der Waals surface area contributed by atoms with Gasteiger partial charge in [-0.2, -0.15) is 0 Å². The molecule has 1 aliphatic rings. The number of ether oxygens (including phenoxy) is 3. The highest BCUT2D eigenvalue weighted by Crippen LogP contribution is 2.31. The van der Waals surface area contributed by atoms with Crippen LogP contribution >= 0.6 is 0 Å². The molecular weight excluding hydrogens is 320 g/mol. The Morgan fingerprint density at radius 1 is 1.16 bits per heavy atom. The average Bonchev–Trinajstić information content (AvgIpc) is 2.64. The van der Waals surface area contributed by atoms with Crippen LogP contribution in [-0.2, 0) is 4.74 Å². The van der Waals surface area contributed by atoms with Crippen molar-refractivity contribution in [3.05, 3.63) is 54.1 Å². The lowest BCUT2D eigenvalue weighted by Crippen LogP contribution is -2.35. The van der Waals surface area contributed by atoms with Gasteiger partial charge in [-0.05, 0) is 30.3 Å². The number of fused-ring (bicyclic) bond motifs is 1. The number of anilines is 1. The van der Waals surface area contributed by atoms with E-state index in [0.717, 1.165) is 23.5 Å². The second-order valence-electron chi connectivity index (χ2n) is 5.69. The largest absolute Gasteiger partial charge is 0.493 e. The van der Waals surface area contributed by atoms with Gasteiger partial charge >= 0.3 is 6.03 Å². The Bertz CT molecular complexity index is 703. The van der Waals surface area contributed by atoms with Crippen molar-refractivity contribution < 1.29 is 19.0 Å². The lowest BCUT2D eigenvalue weighted by molar-refractivity contribution is 0.146. The number of nitrogens with one attached hydrogen (secondary N) is 2. The van der Waals surface area contributed by atoms with Crippen LogP contribution in [0.25, 0.3) is 0 Å². The third-order valence-electron chi connectivity index (χ3n) is 3.93. The lowest BCUT2D eigenvalue weighted by Gasteiger charge is -2.26. The number of benzene rings is 2. The number of amides is 2. The molecule has 25 heavy (non-hydrogen) atoms. The molecule has 1 aliphatic heterocycles. The van der Waals surface area contributed by atoms with E-state index < -0.39 is 0 Å². The second-order valence-corrected chi connectivity index (χ2v) is 5.69. The van der Waals surface area contributed by atoms with E-state index >= 15 is 0 Å². The van der Waals surface area contributed by atoms with Gasteiger partial charge in [0, 0.05) is 24.8 Å². The summed E-state index contributed by atoms with van der Waals surface area (Å²) in [5, 5.41) is 5.85. The van der Waals surface area contributed by atoms with E-state index in [1.165, 1.54) is 0 Å². The quantitative estimate of drug-likeness (QED) is 0.790. The minimum absolute atomic E-state index is 0.0541. The molecule has 2 amide bonds. The molecule has 6 heteroatoms. The van der Waals surface area contributed by atoms with Crippen molar-refractivity contribution >= 4 is 11.7 Å². The molecule has 0 aromatic heterocycles. The van der Waals surface area contributed by atoms with E-state index in [0.29, 0.717) is 25.5 Å². The molecule has 2 aromatic rings. The maximum Gasteiger partial charge on any atom is 0.319 e. The maximum atomic E-state index is 12.3. The first-order valence-electron chi connectivity index (χ1n) is 8.27. The van der Waals surface area contributed by atoms with E-state index in [-0.39, 0.29) is 12.1 Å². The van der Waals surface area contributed by atoms with E-state index in [1.54, 1.807) is 19.2 Å². The molecule has 2 aromatic carbocycles. The van der Waals surface area contributed by atoms with E-state index in [2.05, 4.69) is 10.6 Å². The first-order valence-corrected chi connectivity index (χ1v) is 8.27. The molecule has 0 saturated heterocycles. The van der Waals surface area contributed by atoms with E-state index in [9.17, 15) is 4.79 Å². The number of carbonyl (C=O) groups is 1. The molecule has 6 nitrogen and oxygen atoms in total. The fourth-order valence-corrected chi connectivity index (χ4v) is 2.69. The van der Waals surface area contributed by atoms with Gasteiger partial charge in [0.1, 0.15) is 18.1 Å². The summed E-state index contributed by atoms with van der Waals surface area (Å²) in [6, 6.07) is 14.7. The van der Waals surface area contributed by atoms with Gasteiger partial charge in [-0.25, -0.2) is 4.79 Å². The third kappa shape index (κ3) is 4.64. The maximum absolute atomic E-state index is 12.3. The van der Waals surface area contributed by atoms with Gasteiger partial charge in [0.15, 0.2) is 0 Å². The number of methoxy groups -OCH3 is 1. The van der Waals surface area contributed by atoms with Crippen LogP contribution in [0.2, 0.25) is 0 Å². The van der Waals surface area contributed by atoms with Crippen LogP contribution < -0.4 is 20.1 Å². The Balaban J connectivity index is 1.55. The number of hydrogen-bond donors (Lipinski definition) is 2. The van der Waals surface area contributed by atoms with Crippen LogP contribution in [0.4, 0.5) is 10.5 Å². The Hall–Kier alpha value is -2.73. The molecule has 132 valence electrons. The molecule has 1 heterocycles. The second kappa shape index (κ2) is 8.39. The summed E-state index contributed by atoms with van der Waals surface area (Å²) in [6.45, 7) is 1.62. The van der Waals surface area contributed by atoms with Gasteiger partial charge < -0.3 is 24.8 Å². The van der Waals surface area contributed by atoms with Crippen molar-refractivity contribution in [2.75, 3.05) is 32.2 Å². The van der Waals surface area contributed by atoms with Crippen LogP contribution in [0.15, 0.2) is 48.5 Å². The Morgan fingerprint density at radius 2 is 1.96 bits per heavy atom. The van der Waals surface area contributed by atoms with Crippen molar-refractivity contribution in [1.29, 1.82) is 0 Å². The molecule has 2 N–H and O–H groups in total. The Kier molecular flexibility index (Phi) is 5.74. The zero-order valence-corrected chi connectivity index (χ0v) is 14.2. The fourth-order valence-electron chi connectivity index (χ4n) is 2.69. The number of rotatable bonds is 6. The van der Waals surface area contributed by atoms with Gasteiger partial charge in [-0.3, -0.25) is 0 Å². The highest BCUT2D eigenvalue weighted by atomic mass is 16.5. The predicted molar refractivity (Wildman–Crippen MR) is 95.3 cm³/mol. The predicted octanol–water partition coefficient (Wildman–Crippen LogP) is 3.36. The molecule has 0 aliphatic carbocycles. The summed E-state index contributed by atoms with van der Waals surface area (Å²) < 4.78 is 16.1. The van der Waals surface area contributed by atoms with Gasteiger partial charge in [0.25, 0.3) is 0 Å². The highest BCUT2D eigenvalue weighted by molar-refractivity contribution is 5.89. The topological polar surface area (TPSA) is 68.8 Å². The molecule has 0 unspecified atom stereocenters. The van der Waals surface area contributed by atoms with Crippen LogP contribution in [0.5, 0.6) is 11.5 Å². The number of urea groups is 1. The van der Waals surface area contributed by atoms with Crippen molar-refractivity contribution in [2.24, 2.45) is 0 Å². The SMILES string of the molecule is COCCOc1ccc(NC(=O)N[C@H]2CCOc3ccccc32)cc1. The zero-order chi connectivity index (χ0) is 17.5. The summed E-state index contributed by atoms with van der Waals surface area (Å²) in [5.74, 6) is 1.57. The van der Waals surface area contributed by atoms with Gasteiger partial charge in [-0.15, -0.1) is 0 Å². The highest BCUT2D eigenvalue weighted by Gasteiger charge is 2.22. The normalized spacial score (nSPS) is 15.6. The molecule has 3 rings (SSSR count). The van der Waals surface area contributed by atoms with Gasteiger partial charge in [0.05, 0.1) is 19.3 Å².